The standard InChI is InChI=1S/C16H14ClN3O/c1-10-2-7-14-13(8-10)19-16(18)20(14)9-15(21)11-3-5-12(17)6-4-11/h2-8H,9H2,1H3,(H2,18,19). The second-order valence-corrected chi connectivity index (χ2v) is 5.45. The Morgan fingerprint density at radius 1 is 1.24 bits per heavy atom. The van der Waals surface area contributed by atoms with Crippen molar-refractivity contribution >= 4 is 28.4 Å². The van der Waals surface area contributed by atoms with Gasteiger partial charge in [0.1, 0.15) is 0 Å². The number of aryl methyl sites for hydroxylation is 1. The smallest absolute Gasteiger partial charge is 0.200 e. The number of Topliss-reactive ketones (excluding diaryl/α,β-unsaturated/α-hetero) is 1. The van der Waals surface area contributed by atoms with Crippen LogP contribution in [0.3, 0.4) is 0 Å². The molecule has 1 heterocycles. The van der Waals surface area contributed by atoms with Crippen molar-refractivity contribution in [1.82, 2.24) is 9.55 Å². The average Bonchev–Trinajstić information content (AvgIpc) is 2.75. The summed E-state index contributed by atoms with van der Waals surface area (Å²) in [5.41, 5.74) is 3.64. The molecule has 0 spiro atoms. The van der Waals surface area contributed by atoms with E-state index in [2.05, 4.69) is 4.98 Å². The van der Waals surface area contributed by atoms with Gasteiger partial charge in [0.25, 0.3) is 0 Å². The molecule has 4 nitrogen and oxygen atoms in total. The number of H-pyrrole nitrogens is 1. The molecular formula is C16H14ClN3O. The first kappa shape index (κ1) is 13.6. The molecule has 0 aliphatic carbocycles. The Morgan fingerprint density at radius 2 is 1.95 bits per heavy atom. The quantitative estimate of drug-likeness (QED) is 0.716. The van der Waals surface area contributed by atoms with Gasteiger partial charge in [0.15, 0.2) is 5.78 Å². The summed E-state index contributed by atoms with van der Waals surface area (Å²) in [6.45, 7) is 2.12. The van der Waals surface area contributed by atoms with Crippen molar-refractivity contribution in [3.63, 3.8) is 0 Å². The van der Waals surface area contributed by atoms with Gasteiger partial charge in [-0.15, -0.1) is 0 Å². The van der Waals surface area contributed by atoms with Crippen molar-refractivity contribution in [3.05, 3.63) is 64.2 Å². The second-order valence-electron chi connectivity index (χ2n) is 5.01. The summed E-state index contributed by atoms with van der Waals surface area (Å²) in [7, 11) is 0. The van der Waals surface area contributed by atoms with Crippen molar-refractivity contribution in [2.45, 2.75) is 13.5 Å². The molecule has 0 saturated carbocycles. The van der Waals surface area contributed by atoms with Crippen LogP contribution in [0.25, 0.3) is 11.0 Å². The number of hydrogen-bond acceptors (Lipinski definition) is 2. The normalized spacial score (nSPS) is 11.0. The lowest BCUT2D eigenvalue weighted by Crippen LogP contribution is -2.22. The molecular weight excluding hydrogens is 286 g/mol. The third-order valence-electron chi connectivity index (χ3n) is 3.43. The zero-order valence-electron chi connectivity index (χ0n) is 11.5. The lowest BCUT2D eigenvalue weighted by atomic mass is 10.1. The molecule has 2 N–H and O–H groups in total. The van der Waals surface area contributed by atoms with Crippen LogP contribution in [0, 0.1) is 12.3 Å². The van der Waals surface area contributed by atoms with Crippen LogP contribution in [0.5, 0.6) is 0 Å². The molecule has 2 aromatic carbocycles. The third kappa shape index (κ3) is 2.62. The van der Waals surface area contributed by atoms with Gasteiger partial charge in [0, 0.05) is 10.6 Å². The monoisotopic (exact) mass is 299 g/mol. The Morgan fingerprint density at radius 3 is 2.67 bits per heavy atom. The van der Waals surface area contributed by atoms with E-state index in [1.807, 2.05) is 25.1 Å². The highest BCUT2D eigenvalue weighted by Crippen LogP contribution is 2.14. The molecule has 0 aliphatic heterocycles. The van der Waals surface area contributed by atoms with Gasteiger partial charge in [0.2, 0.25) is 5.62 Å². The number of hydrogen-bond donors (Lipinski definition) is 2. The van der Waals surface area contributed by atoms with Gasteiger partial charge in [-0.05, 0) is 48.9 Å². The molecule has 0 unspecified atom stereocenters. The highest BCUT2D eigenvalue weighted by molar-refractivity contribution is 6.30. The minimum Gasteiger partial charge on any atom is -0.324 e. The first-order valence-electron chi connectivity index (χ1n) is 6.57. The highest BCUT2D eigenvalue weighted by Gasteiger charge is 2.11. The van der Waals surface area contributed by atoms with Gasteiger partial charge in [-0.2, -0.15) is 0 Å². The second kappa shape index (κ2) is 5.22. The van der Waals surface area contributed by atoms with E-state index in [9.17, 15) is 4.79 Å². The van der Waals surface area contributed by atoms with Gasteiger partial charge in [0.05, 0.1) is 17.6 Å². The molecule has 106 valence electrons. The van der Waals surface area contributed by atoms with E-state index >= 15 is 0 Å². The molecule has 1 aromatic heterocycles. The number of nitrogens with one attached hydrogen (secondary N) is 2. The van der Waals surface area contributed by atoms with Gasteiger partial charge in [-0.3, -0.25) is 10.2 Å². The molecule has 0 amide bonds. The summed E-state index contributed by atoms with van der Waals surface area (Å²) in [6.07, 6.45) is 0. The molecule has 0 aliphatic rings. The van der Waals surface area contributed by atoms with Crippen LogP contribution in [0.4, 0.5) is 0 Å². The number of benzene rings is 2. The first-order valence-corrected chi connectivity index (χ1v) is 6.95. The Kier molecular flexibility index (Phi) is 3.39. The number of carbonyl (C=O) groups is 1. The molecule has 0 saturated heterocycles. The molecule has 0 bridgehead atoms. The number of ketones is 1. The van der Waals surface area contributed by atoms with Crippen LogP contribution in [-0.4, -0.2) is 15.3 Å². The van der Waals surface area contributed by atoms with Crippen LogP contribution >= 0.6 is 11.6 Å². The zero-order valence-corrected chi connectivity index (χ0v) is 12.2. The van der Waals surface area contributed by atoms with E-state index in [1.54, 1.807) is 28.8 Å². The van der Waals surface area contributed by atoms with Crippen molar-refractivity contribution in [2.75, 3.05) is 0 Å². The van der Waals surface area contributed by atoms with E-state index in [0.29, 0.717) is 10.6 Å². The number of carbonyl (C=O) groups excluding carboxylic acids is 1. The maximum absolute atomic E-state index is 12.3. The fourth-order valence-electron chi connectivity index (χ4n) is 2.34. The van der Waals surface area contributed by atoms with Gasteiger partial charge < -0.3 is 9.55 Å². The number of halogens is 1. The predicted molar refractivity (Wildman–Crippen MR) is 82.7 cm³/mol. The Hall–Kier alpha value is -2.33. The number of fused-ring (bicyclic) bond motifs is 1. The number of imidazole rings is 1. The summed E-state index contributed by atoms with van der Waals surface area (Å²) in [6, 6.07) is 12.7. The van der Waals surface area contributed by atoms with Crippen molar-refractivity contribution < 1.29 is 4.79 Å². The van der Waals surface area contributed by atoms with Gasteiger partial charge in [-0.1, -0.05) is 17.7 Å². The summed E-state index contributed by atoms with van der Waals surface area (Å²) < 4.78 is 1.67. The SMILES string of the molecule is Cc1ccc2c(c1)[nH]c(=N)n2CC(=O)c1ccc(Cl)cc1. The Bertz CT molecular complexity index is 875. The summed E-state index contributed by atoms with van der Waals surface area (Å²) in [5.74, 6) is -0.0494. The highest BCUT2D eigenvalue weighted by atomic mass is 35.5. The molecule has 21 heavy (non-hydrogen) atoms. The number of rotatable bonds is 3. The number of nitrogens with zero attached hydrogens (tertiary/aromatic N) is 1. The van der Waals surface area contributed by atoms with Crippen molar-refractivity contribution in [2.24, 2.45) is 0 Å². The third-order valence-corrected chi connectivity index (χ3v) is 3.69. The van der Waals surface area contributed by atoms with Gasteiger partial charge >= 0.3 is 0 Å². The average molecular weight is 300 g/mol. The largest absolute Gasteiger partial charge is 0.324 e. The summed E-state index contributed by atoms with van der Waals surface area (Å²) in [4.78, 5) is 15.3. The minimum atomic E-state index is -0.0494. The number of aromatic nitrogens is 2. The van der Waals surface area contributed by atoms with E-state index in [-0.39, 0.29) is 17.9 Å². The van der Waals surface area contributed by atoms with Crippen LogP contribution in [-0.2, 0) is 6.54 Å². The molecule has 0 radical (unpaired) electrons. The zero-order chi connectivity index (χ0) is 15.0. The lowest BCUT2D eigenvalue weighted by molar-refractivity contribution is 0.0972. The maximum Gasteiger partial charge on any atom is 0.200 e. The fourth-order valence-corrected chi connectivity index (χ4v) is 2.46. The fraction of sp³-hybridized carbons (Fsp3) is 0.125. The maximum atomic E-state index is 12.3. The Labute approximate surface area is 126 Å². The first-order chi connectivity index (χ1) is 10.0. The summed E-state index contributed by atoms with van der Waals surface area (Å²) in [5, 5.41) is 8.59. The van der Waals surface area contributed by atoms with Crippen LogP contribution in [0.2, 0.25) is 5.02 Å². The number of aromatic amines is 1. The molecule has 3 rings (SSSR count). The van der Waals surface area contributed by atoms with Crippen LogP contribution < -0.4 is 5.62 Å². The van der Waals surface area contributed by atoms with E-state index < -0.39 is 0 Å². The van der Waals surface area contributed by atoms with Gasteiger partial charge in [-0.25, -0.2) is 0 Å². The topological polar surface area (TPSA) is 61.6 Å². The van der Waals surface area contributed by atoms with Crippen LogP contribution in [0.1, 0.15) is 15.9 Å². The lowest BCUT2D eigenvalue weighted by Gasteiger charge is -2.04. The van der Waals surface area contributed by atoms with E-state index in [1.165, 1.54) is 0 Å². The molecule has 5 heteroatoms. The van der Waals surface area contributed by atoms with Crippen molar-refractivity contribution in [1.29, 1.82) is 5.41 Å². The Balaban J connectivity index is 1.98. The molecule has 0 fully saturated rings. The van der Waals surface area contributed by atoms with E-state index in [4.69, 9.17) is 17.0 Å². The minimum absolute atomic E-state index is 0.0494. The molecule has 0 atom stereocenters. The predicted octanol–water partition coefficient (Wildman–Crippen LogP) is 3.29. The summed E-state index contributed by atoms with van der Waals surface area (Å²) >= 11 is 5.83. The van der Waals surface area contributed by atoms with Crippen LogP contribution in [0.15, 0.2) is 42.5 Å². The van der Waals surface area contributed by atoms with Crippen molar-refractivity contribution in [3.8, 4) is 0 Å². The van der Waals surface area contributed by atoms with E-state index in [0.717, 1.165) is 16.6 Å². The molecule has 3 aromatic rings.